The molecule has 3 aromatic carbocycles. The van der Waals surface area contributed by atoms with Crippen LogP contribution in [0.3, 0.4) is 0 Å². The maximum atomic E-state index is 6.44. The topological polar surface area (TPSA) is 21.7 Å². The molecule has 29 heavy (non-hydrogen) atoms. The van der Waals surface area contributed by atoms with Gasteiger partial charge in [0.25, 0.3) is 0 Å². The van der Waals surface area contributed by atoms with Crippen LogP contribution in [-0.4, -0.2) is 31.7 Å². The van der Waals surface area contributed by atoms with E-state index in [2.05, 4.69) is 83.8 Å². The van der Waals surface area contributed by atoms with Crippen molar-refractivity contribution in [2.24, 2.45) is 0 Å². The van der Waals surface area contributed by atoms with Gasteiger partial charge < -0.3 is 9.47 Å². The van der Waals surface area contributed by atoms with Crippen LogP contribution in [0.2, 0.25) is 0 Å². The van der Waals surface area contributed by atoms with E-state index in [9.17, 15) is 0 Å². The van der Waals surface area contributed by atoms with E-state index >= 15 is 0 Å². The molecule has 3 nitrogen and oxygen atoms in total. The number of benzene rings is 3. The van der Waals surface area contributed by atoms with Gasteiger partial charge in [0.1, 0.15) is 11.9 Å². The van der Waals surface area contributed by atoms with Crippen molar-refractivity contribution in [3.63, 3.8) is 0 Å². The van der Waals surface area contributed by atoms with E-state index < -0.39 is 0 Å². The van der Waals surface area contributed by atoms with Crippen molar-refractivity contribution in [3.05, 3.63) is 102 Å². The lowest BCUT2D eigenvalue weighted by atomic mass is 10.0. The Morgan fingerprint density at radius 1 is 0.897 bits per heavy atom. The van der Waals surface area contributed by atoms with Crippen molar-refractivity contribution >= 4 is 0 Å². The van der Waals surface area contributed by atoms with Crippen molar-refractivity contribution in [2.45, 2.75) is 25.0 Å². The molecule has 1 atom stereocenters. The number of nitrogens with zero attached hydrogens (tertiary/aromatic N) is 1. The second-order valence-electron chi connectivity index (χ2n) is 7.54. The lowest BCUT2D eigenvalue weighted by Crippen LogP contribution is -2.28. The van der Waals surface area contributed by atoms with E-state index in [0.29, 0.717) is 12.6 Å². The molecule has 0 amide bonds. The Bertz CT molecular complexity index is 842. The van der Waals surface area contributed by atoms with Gasteiger partial charge in [0.05, 0.1) is 13.7 Å². The molecule has 150 valence electrons. The molecule has 0 bridgehead atoms. The summed E-state index contributed by atoms with van der Waals surface area (Å²) in [6, 6.07) is 29.9. The smallest absolute Gasteiger partial charge is 0.119 e. The van der Waals surface area contributed by atoms with Gasteiger partial charge in [0.15, 0.2) is 0 Å². The molecule has 1 saturated heterocycles. The van der Waals surface area contributed by atoms with Gasteiger partial charge in [-0.2, -0.15) is 0 Å². The first kappa shape index (κ1) is 19.7. The van der Waals surface area contributed by atoms with Gasteiger partial charge in [0.2, 0.25) is 0 Å². The third-order valence-corrected chi connectivity index (χ3v) is 5.71. The third kappa shape index (κ3) is 4.87. The zero-order valence-electron chi connectivity index (χ0n) is 17.0. The summed E-state index contributed by atoms with van der Waals surface area (Å²) in [6.45, 7) is 2.75. The molecule has 1 fully saturated rings. The predicted molar refractivity (Wildman–Crippen MR) is 117 cm³/mol. The van der Waals surface area contributed by atoms with Gasteiger partial charge in [-0.1, -0.05) is 72.8 Å². The molecule has 0 aromatic heterocycles. The van der Waals surface area contributed by atoms with Crippen molar-refractivity contribution in [1.29, 1.82) is 0 Å². The maximum Gasteiger partial charge on any atom is 0.119 e. The summed E-state index contributed by atoms with van der Waals surface area (Å²) in [5, 5.41) is 0. The molecule has 1 aliphatic rings. The highest BCUT2D eigenvalue weighted by Gasteiger charge is 2.26. The lowest BCUT2D eigenvalue weighted by molar-refractivity contribution is 0.0570. The molecular weight excluding hydrogens is 358 g/mol. The first-order valence-electron chi connectivity index (χ1n) is 10.4. The van der Waals surface area contributed by atoms with E-state index in [1.54, 1.807) is 7.11 Å². The molecule has 4 rings (SSSR count). The summed E-state index contributed by atoms with van der Waals surface area (Å²) in [5.74, 6) is 0.929. The zero-order chi connectivity index (χ0) is 19.9. The van der Waals surface area contributed by atoms with Gasteiger partial charge in [0, 0.05) is 12.6 Å². The quantitative estimate of drug-likeness (QED) is 0.499. The Labute approximate surface area is 173 Å². The molecule has 0 spiro atoms. The van der Waals surface area contributed by atoms with Crippen LogP contribution in [0.15, 0.2) is 84.9 Å². The molecule has 0 aliphatic carbocycles. The van der Waals surface area contributed by atoms with Crippen LogP contribution in [0.25, 0.3) is 0 Å². The summed E-state index contributed by atoms with van der Waals surface area (Å²) < 4.78 is 11.9. The van der Waals surface area contributed by atoms with E-state index in [0.717, 1.165) is 18.8 Å². The Balaban J connectivity index is 1.43. The van der Waals surface area contributed by atoms with Gasteiger partial charge in [-0.05, 0) is 48.2 Å². The summed E-state index contributed by atoms with van der Waals surface area (Å²) >= 11 is 0. The van der Waals surface area contributed by atoms with Gasteiger partial charge in [-0.15, -0.1) is 0 Å². The Kier molecular flexibility index (Phi) is 6.60. The molecule has 1 heterocycles. The highest BCUT2D eigenvalue weighted by Crippen LogP contribution is 2.33. The van der Waals surface area contributed by atoms with Crippen molar-refractivity contribution in [3.8, 4) is 5.75 Å². The fourth-order valence-electron chi connectivity index (χ4n) is 4.25. The van der Waals surface area contributed by atoms with Crippen LogP contribution in [-0.2, 0) is 4.74 Å². The van der Waals surface area contributed by atoms with E-state index in [4.69, 9.17) is 9.47 Å². The van der Waals surface area contributed by atoms with Crippen LogP contribution in [0.4, 0.5) is 0 Å². The van der Waals surface area contributed by atoms with Crippen LogP contribution in [0.5, 0.6) is 5.75 Å². The highest BCUT2D eigenvalue weighted by atomic mass is 16.5. The lowest BCUT2D eigenvalue weighted by Gasteiger charge is -2.26. The van der Waals surface area contributed by atoms with Crippen molar-refractivity contribution in [1.82, 2.24) is 4.90 Å². The Morgan fingerprint density at radius 3 is 2.24 bits per heavy atom. The Hall–Kier alpha value is -2.62. The maximum absolute atomic E-state index is 6.44. The minimum absolute atomic E-state index is 0.0322. The number of rotatable bonds is 8. The average molecular weight is 388 g/mol. The highest BCUT2D eigenvalue weighted by molar-refractivity contribution is 5.31. The van der Waals surface area contributed by atoms with E-state index in [-0.39, 0.29) is 6.10 Å². The number of likely N-dealkylation sites (tertiary alicyclic amines) is 1. The van der Waals surface area contributed by atoms with E-state index in [1.165, 1.54) is 29.5 Å². The summed E-state index contributed by atoms with van der Waals surface area (Å²) in [6.07, 6.45) is 2.38. The standard InChI is InChI=1S/C26H29NO2/c1-28-24-15-8-14-23(20-24)25-16-9-17-27(25)18-19-29-26(21-10-4-2-5-11-21)22-12-6-3-7-13-22/h2-8,10-15,20,25-26H,9,16-19H2,1H3. The monoisotopic (exact) mass is 387 g/mol. The van der Waals surface area contributed by atoms with Crippen molar-refractivity contribution < 1.29 is 9.47 Å². The largest absolute Gasteiger partial charge is 0.497 e. The number of hydrogen-bond acceptors (Lipinski definition) is 3. The van der Waals surface area contributed by atoms with Crippen LogP contribution in [0.1, 0.15) is 41.7 Å². The molecule has 0 N–H and O–H groups in total. The minimum atomic E-state index is -0.0322. The number of hydrogen-bond donors (Lipinski definition) is 0. The van der Waals surface area contributed by atoms with Crippen LogP contribution < -0.4 is 4.74 Å². The van der Waals surface area contributed by atoms with Crippen LogP contribution >= 0.6 is 0 Å². The third-order valence-electron chi connectivity index (χ3n) is 5.71. The summed E-state index contributed by atoms with van der Waals surface area (Å²) in [7, 11) is 1.73. The summed E-state index contributed by atoms with van der Waals surface area (Å²) in [4.78, 5) is 2.54. The molecule has 1 aliphatic heterocycles. The normalized spacial score (nSPS) is 17.0. The molecule has 3 heteroatoms. The zero-order valence-corrected chi connectivity index (χ0v) is 17.0. The first-order valence-corrected chi connectivity index (χ1v) is 10.4. The molecule has 0 radical (unpaired) electrons. The van der Waals surface area contributed by atoms with Crippen molar-refractivity contribution in [2.75, 3.05) is 26.8 Å². The molecule has 0 saturated carbocycles. The summed E-state index contributed by atoms with van der Waals surface area (Å²) in [5.41, 5.74) is 3.73. The fourth-order valence-corrected chi connectivity index (χ4v) is 4.25. The number of ether oxygens (including phenoxy) is 2. The average Bonchev–Trinajstić information content (AvgIpc) is 3.26. The molecule has 3 aromatic rings. The van der Waals surface area contributed by atoms with Gasteiger partial charge in [-0.3, -0.25) is 4.90 Å². The van der Waals surface area contributed by atoms with Gasteiger partial charge >= 0.3 is 0 Å². The van der Waals surface area contributed by atoms with Gasteiger partial charge in [-0.25, -0.2) is 0 Å². The van der Waals surface area contributed by atoms with Crippen LogP contribution in [0, 0.1) is 0 Å². The second-order valence-corrected chi connectivity index (χ2v) is 7.54. The SMILES string of the molecule is COc1cccc(C2CCCN2CCOC(c2ccccc2)c2ccccc2)c1. The van der Waals surface area contributed by atoms with E-state index in [1.807, 2.05) is 6.07 Å². The molecule has 1 unspecified atom stereocenters. The molecular formula is C26H29NO2. The second kappa shape index (κ2) is 9.73. The first-order chi connectivity index (χ1) is 14.3. The minimum Gasteiger partial charge on any atom is -0.497 e. The predicted octanol–water partition coefficient (Wildman–Crippen LogP) is 5.64. The number of methoxy groups -OCH3 is 1. The fraction of sp³-hybridized carbons (Fsp3) is 0.308. The Morgan fingerprint density at radius 2 is 1.59 bits per heavy atom.